The first kappa shape index (κ1) is 23.2. The summed E-state index contributed by atoms with van der Waals surface area (Å²) >= 11 is 0. The molecule has 33 heavy (non-hydrogen) atoms. The van der Waals surface area contributed by atoms with Gasteiger partial charge in [0, 0.05) is 26.2 Å². The second-order valence-electron chi connectivity index (χ2n) is 7.87. The third-order valence-corrected chi connectivity index (χ3v) is 7.62. The fraction of sp³-hybridized carbons (Fsp3) is 0.435. The van der Waals surface area contributed by atoms with Crippen molar-refractivity contribution in [1.82, 2.24) is 14.5 Å². The van der Waals surface area contributed by atoms with E-state index in [0.29, 0.717) is 50.2 Å². The van der Waals surface area contributed by atoms with E-state index in [-0.39, 0.29) is 30.1 Å². The SMILES string of the molecule is CCOc1ccc(S(=O)(=O)N2CCN(C(=O)NC(C)c3ccc4c(c3)OCCO4)CC2)cc1. The highest BCUT2D eigenvalue weighted by molar-refractivity contribution is 7.89. The number of nitrogens with one attached hydrogen (secondary N) is 1. The number of rotatable bonds is 6. The zero-order chi connectivity index (χ0) is 23.4. The van der Waals surface area contributed by atoms with Gasteiger partial charge in [-0.3, -0.25) is 0 Å². The molecule has 2 aliphatic heterocycles. The van der Waals surface area contributed by atoms with Gasteiger partial charge in [-0.05, 0) is 55.8 Å². The van der Waals surface area contributed by atoms with Crippen LogP contribution < -0.4 is 19.5 Å². The number of carbonyl (C=O) groups is 1. The second kappa shape index (κ2) is 9.88. The fourth-order valence-electron chi connectivity index (χ4n) is 3.84. The summed E-state index contributed by atoms with van der Waals surface area (Å²) in [5.41, 5.74) is 0.907. The Morgan fingerprint density at radius 3 is 2.36 bits per heavy atom. The molecule has 10 heteroatoms. The van der Waals surface area contributed by atoms with Crippen LogP contribution in [0.15, 0.2) is 47.4 Å². The molecule has 4 rings (SSSR count). The molecule has 0 aromatic heterocycles. The van der Waals surface area contributed by atoms with Crippen LogP contribution in [0.25, 0.3) is 0 Å². The lowest BCUT2D eigenvalue weighted by atomic mass is 10.1. The van der Waals surface area contributed by atoms with Crippen molar-refractivity contribution in [2.75, 3.05) is 46.0 Å². The third kappa shape index (κ3) is 5.17. The number of fused-ring (bicyclic) bond motifs is 1. The minimum Gasteiger partial charge on any atom is -0.494 e. The van der Waals surface area contributed by atoms with Crippen LogP contribution >= 0.6 is 0 Å². The smallest absolute Gasteiger partial charge is 0.317 e. The molecule has 1 N–H and O–H groups in total. The van der Waals surface area contributed by atoms with Crippen LogP contribution in [0.3, 0.4) is 0 Å². The van der Waals surface area contributed by atoms with Gasteiger partial charge in [-0.1, -0.05) is 6.07 Å². The first-order chi connectivity index (χ1) is 15.9. The number of nitrogens with zero attached hydrogens (tertiary/aromatic N) is 2. The summed E-state index contributed by atoms with van der Waals surface area (Å²) in [4.78, 5) is 14.6. The van der Waals surface area contributed by atoms with Crippen LogP contribution in [0.5, 0.6) is 17.2 Å². The Balaban J connectivity index is 1.33. The first-order valence-corrected chi connectivity index (χ1v) is 12.5. The molecule has 0 aliphatic carbocycles. The number of piperazine rings is 1. The van der Waals surface area contributed by atoms with Crippen molar-refractivity contribution >= 4 is 16.1 Å². The molecular weight excluding hydrogens is 446 g/mol. The lowest BCUT2D eigenvalue weighted by Crippen LogP contribution is -2.53. The minimum absolute atomic E-state index is 0.219. The summed E-state index contributed by atoms with van der Waals surface area (Å²) in [5, 5.41) is 2.98. The van der Waals surface area contributed by atoms with E-state index >= 15 is 0 Å². The number of hydrogen-bond acceptors (Lipinski definition) is 6. The van der Waals surface area contributed by atoms with E-state index in [4.69, 9.17) is 14.2 Å². The molecule has 0 bridgehead atoms. The molecule has 1 fully saturated rings. The Hall–Kier alpha value is -2.98. The van der Waals surface area contributed by atoms with Crippen molar-refractivity contribution < 1.29 is 27.4 Å². The maximum absolute atomic E-state index is 13.0. The van der Waals surface area contributed by atoms with Gasteiger partial charge in [0.1, 0.15) is 19.0 Å². The zero-order valence-electron chi connectivity index (χ0n) is 18.8. The first-order valence-electron chi connectivity index (χ1n) is 11.1. The summed E-state index contributed by atoms with van der Waals surface area (Å²) in [5.74, 6) is 2.01. The monoisotopic (exact) mass is 475 g/mol. The van der Waals surface area contributed by atoms with Crippen LogP contribution in [0.1, 0.15) is 25.5 Å². The van der Waals surface area contributed by atoms with Gasteiger partial charge in [-0.25, -0.2) is 13.2 Å². The van der Waals surface area contributed by atoms with E-state index in [1.165, 1.54) is 4.31 Å². The van der Waals surface area contributed by atoms with Gasteiger partial charge in [0.05, 0.1) is 17.5 Å². The van der Waals surface area contributed by atoms with Gasteiger partial charge >= 0.3 is 6.03 Å². The highest BCUT2D eigenvalue weighted by Gasteiger charge is 2.30. The molecule has 2 amide bonds. The van der Waals surface area contributed by atoms with Crippen LogP contribution in [0.2, 0.25) is 0 Å². The van der Waals surface area contributed by atoms with Crippen molar-refractivity contribution in [2.45, 2.75) is 24.8 Å². The van der Waals surface area contributed by atoms with E-state index in [2.05, 4.69) is 5.32 Å². The molecule has 2 aromatic carbocycles. The van der Waals surface area contributed by atoms with Gasteiger partial charge in [-0.2, -0.15) is 4.31 Å². The maximum atomic E-state index is 13.0. The predicted octanol–water partition coefficient (Wildman–Crippen LogP) is 2.63. The van der Waals surface area contributed by atoms with Crippen molar-refractivity contribution in [2.24, 2.45) is 0 Å². The van der Waals surface area contributed by atoms with Gasteiger partial charge < -0.3 is 24.4 Å². The normalized spacial score (nSPS) is 17.3. The predicted molar refractivity (Wildman–Crippen MR) is 122 cm³/mol. The van der Waals surface area contributed by atoms with Crippen LogP contribution in [-0.4, -0.2) is 69.7 Å². The molecule has 0 radical (unpaired) electrons. The van der Waals surface area contributed by atoms with E-state index in [1.54, 1.807) is 29.2 Å². The number of ether oxygens (including phenoxy) is 3. The Bertz CT molecular complexity index is 1080. The van der Waals surface area contributed by atoms with Crippen molar-refractivity contribution in [3.05, 3.63) is 48.0 Å². The fourth-order valence-corrected chi connectivity index (χ4v) is 5.27. The Kier molecular flexibility index (Phi) is 6.94. The lowest BCUT2D eigenvalue weighted by molar-refractivity contribution is 0.168. The van der Waals surface area contributed by atoms with Crippen LogP contribution in [0.4, 0.5) is 4.79 Å². The summed E-state index contributed by atoms with van der Waals surface area (Å²) < 4.78 is 43.9. The van der Waals surface area contributed by atoms with E-state index in [1.807, 2.05) is 32.0 Å². The number of benzene rings is 2. The van der Waals surface area contributed by atoms with Gasteiger partial charge in [0.2, 0.25) is 10.0 Å². The van der Waals surface area contributed by atoms with Crippen molar-refractivity contribution in [3.63, 3.8) is 0 Å². The minimum atomic E-state index is -3.62. The Labute approximate surface area is 194 Å². The van der Waals surface area contributed by atoms with Crippen molar-refractivity contribution in [3.8, 4) is 17.2 Å². The largest absolute Gasteiger partial charge is 0.494 e. The quantitative estimate of drug-likeness (QED) is 0.690. The third-order valence-electron chi connectivity index (χ3n) is 5.70. The summed E-state index contributed by atoms with van der Waals surface area (Å²) in [6.45, 7) is 6.42. The van der Waals surface area contributed by atoms with E-state index in [0.717, 1.165) is 5.56 Å². The average Bonchev–Trinajstić information content (AvgIpc) is 2.84. The van der Waals surface area contributed by atoms with Crippen LogP contribution in [-0.2, 0) is 10.0 Å². The Morgan fingerprint density at radius 1 is 1.03 bits per heavy atom. The van der Waals surface area contributed by atoms with Crippen molar-refractivity contribution in [1.29, 1.82) is 0 Å². The Morgan fingerprint density at radius 2 is 1.70 bits per heavy atom. The maximum Gasteiger partial charge on any atom is 0.317 e. The summed E-state index contributed by atoms with van der Waals surface area (Å²) in [6, 6.07) is 11.6. The number of hydrogen-bond donors (Lipinski definition) is 1. The number of amides is 2. The molecule has 1 unspecified atom stereocenters. The summed E-state index contributed by atoms with van der Waals surface area (Å²) in [7, 11) is -3.62. The lowest BCUT2D eigenvalue weighted by Gasteiger charge is -2.34. The molecule has 2 aliphatic rings. The molecule has 1 saturated heterocycles. The molecule has 0 spiro atoms. The topological polar surface area (TPSA) is 97.4 Å². The van der Waals surface area contributed by atoms with E-state index in [9.17, 15) is 13.2 Å². The molecular formula is C23H29N3O6S. The highest BCUT2D eigenvalue weighted by atomic mass is 32.2. The van der Waals surface area contributed by atoms with Gasteiger partial charge in [-0.15, -0.1) is 0 Å². The summed E-state index contributed by atoms with van der Waals surface area (Å²) in [6.07, 6.45) is 0. The average molecular weight is 476 g/mol. The molecule has 2 aromatic rings. The highest BCUT2D eigenvalue weighted by Crippen LogP contribution is 2.32. The van der Waals surface area contributed by atoms with E-state index < -0.39 is 10.0 Å². The number of urea groups is 1. The molecule has 0 saturated carbocycles. The molecule has 2 heterocycles. The molecule has 178 valence electrons. The number of carbonyl (C=O) groups excluding carboxylic acids is 1. The molecule has 9 nitrogen and oxygen atoms in total. The molecule has 1 atom stereocenters. The van der Waals surface area contributed by atoms with Crippen LogP contribution in [0, 0.1) is 0 Å². The second-order valence-corrected chi connectivity index (χ2v) is 9.81. The number of sulfonamides is 1. The standard InChI is InChI=1S/C23H29N3O6S/c1-3-30-19-5-7-20(8-6-19)33(28,29)26-12-10-25(11-13-26)23(27)24-17(2)18-4-9-21-22(16-18)32-15-14-31-21/h4-9,16-17H,3,10-15H2,1-2H3,(H,24,27). The van der Waals surface area contributed by atoms with Gasteiger partial charge in [0.25, 0.3) is 0 Å². The zero-order valence-corrected chi connectivity index (χ0v) is 19.6. The van der Waals surface area contributed by atoms with Gasteiger partial charge in [0.15, 0.2) is 11.5 Å².